The number of ether oxygens (including phenoxy) is 3. The van der Waals surface area contributed by atoms with Gasteiger partial charge in [0.2, 0.25) is 0 Å². The lowest BCUT2D eigenvalue weighted by Gasteiger charge is -2.73. The summed E-state index contributed by atoms with van der Waals surface area (Å²) in [5, 5.41) is 0. The molecular weight excluding hydrogens is 462 g/mol. The van der Waals surface area contributed by atoms with Crippen LogP contribution in [-0.2, 0) is 21.4 Å². The molecule has 1 aromatic carbocycles. The number of carbonyl (C=O) groups excluding carboxylic acids is 1. The van der Waals surface area contributed by atoms with Crippen LogP contribution in [-0.4, -0.2) is 55.7 Å². The van der Waals surface area contributed by atoms with Crippen LogP contribution in [0.3, 0.4) is 0 Å². The highest BCUT2D eigenvalue weighted by Crippen LogP contribution is 2.77. The molecule has 2 spiro atoms. The minimum Gasteiger partial charge on any atom is -0.493 e. The molecule has 1 saturated heterocycles. The van der Waals surface area contributed by atoms with Gasteiger partial charge in [0.15, 0.2) is 11.5 Å². The number of fused-ring (bicyclic) bond motifs is 2. The Morgan fingerprint density at radius 2 is 1.89 bits per heavy atom. The van der Waals surface area contributed by atoms with Crippen LogP contribution in [0, 0.1) is 23.2 Å². The first kappa shape index (κ1) is 23.3. The van der Waals surface area contributed by atoms with Gasteiger partial charge in [-0.2, -0.15) is 0 Å². The number of likely N-dealkylation sites (tertiary alicyclic amines) is 1. The van der Waals surface area contributed by atoms with Gasteiger partial charge in [-0.1, -0.05) is 38.2 Å². The molecule has 0 aromatic heterocycles. The number of carbonyl (C=O) groups is 1. The molecule has 1 aromatic rings. The fourth-order valence-electron chi connectivity index (χ4n) is 10.7. The Morgan fingerprint density at radius 3 is 2.65 bits per heavy atom. The largest absolute Gasteiger partial charge is 0.493 e. The lowest BCUT2D eigenvalue weighted by molar-refractivity contribution is -0.272. The predicted octanol–water partition coefficient (Wildman–Crippen LogP) is 5.46. The minimum atomic E-state index is -0.532. The first-order valence-corrected chi connectivity index (χ1v) is 15.3. The summed E-state index contributed by atoms with van der Waals surface area (Å²) in [5.74, 6) is 3.67. The normalized spacial score (nSPS) is 41.8. The van der Waals surface area contributed by atoms with E-state index in [1.165, 1.54) is 62.6 Å². The van der Waals surface area contributed by atoms with Crippen molar-refractivity contribution in [2.75, 3.05) is 27.3 Å². The molecule has 4 bridgehead atoms. The number of hydrogen-bond donors (Lipinski definition) is 0. The average Bonchev–Trinajstić information content (AvgIpc) is 3.67. The number of piperidine rings is 1. The van der Waals surface area contributed by atoms with Crippen LogP contribution in [0.25, 0.3) is 0 Å². The molecule has 6 fully saturated rings. The summed E-state index contributed by atoms with van der Waals surface area (Å²) in [6, 6.07) is 4.94. The second-order valence-electron chi connectivity index (χ2n) is 13.8. The van der Waals surface area contributed by atoms with Crippen LogP contribution in [0.1, 0.15) is 88.2 Å². The number of benzene rings is 1. The van der Waals surface area contributed by atoms with Gasteiger partial charge in [-0.25, -0.2) is 0 Å². The molecule has 2 aliphatic heterocycles. The second kappa shape index (κ2) is 7.97. The summed E-state index contributed by atoms with van der Waals surface area (Å²) in [6.07, 6.45) is 15.0. The molecule has 0 N–H and O–H groups in total. The highest BCUT2D eigenvalue weighted by atomic mass is 16.6. The quantitative estimate of drug-likeness (QED) is 0.493. The number of rotatable bonds is 7. The first-order chi connectivity index (χ1) is 18.1. The summed E-state index contributed by atoms with van der Waals surface area (Å²) in [6.45, 7) is 2.38. The summed E-state index contributed by atoms with van der Waals surface area (Å²) in [7, 11) is 3.63. The monoisotopic (exact) mass is 505 g/mol. The van der Waals surface area contributed by atoms with E-state index in [4.69, 9.17) is 14.2 Å². The third-order valence-electron chi connectivity index (χ3n) is 12.5. The zero-order valence-electron chi connectivity index (χ0n) is 22.7. The fraction of sp³-hybridized carbons (Fsp3) is 0.781. The van der Waals surface area contributed by atoms with E-state index in [0.717, 1.165) is 62.5 Å². The summed E-state index contributed by atoms with van der Waals surface area (Å²) in [4.78, 5) is 17.2. The van der Waals surface area contributed by atoms with Gasteiger partial charge in [-0.3, -0.25) is 9.69 Å². The first-order valence-electron chi connectivity index (χ1n) is 15.3. The second-order valence-corrected chi connectivity index (χ2v) is 13.8. The van der Waals surface area contributed by atoms with Gasteiger partial charge in [0.25, 0.3) is 0 Å². The third kappa shape index (κ3) is 2.86. The van der Waals surface area contributed by atoms with E-state index in [0.29, 0.717) is 17.7 Å². The average molecular weight is 506 g/mol. The van der Waals surface area contributed by atoms with Gasteiger partial charge in [0, 0.05) is 42.5 Å². The number of Topliss-reactive ketones (excluding diaryl/α,β-unsaturated/α-hetero) is 1. The van der Waals surface area contributed by atoms with Gasteiger partial charge in [0.1, 0.15) is 17.5 Å². The van der Waals surface area contributed by atoms with E-state index in [9.17, 15) is 4.79 Å². The van der Waals surface area contributed by atoms with E-state index in [1.54, 1.807) is 7.11 Å². The molecule has 9 rings (SSSR count). The number of nitrogens with zero attached hydrogens (tertiary/aromatic N) is 1. The number of methoxy groups -OCH3 is 2. The maximum absolute atomic E-state index is 14.3. The van der Waals surface area contributed by atoms with Crippen molar-refractivity contribution in [3.8, 4) is 11.5 Å². The predicted molar refractivity (Wildman–Crippen MR) is 141 cm³/mol. The van der Waals surface area contributed by atoms with Crippen molar-refractivity contribution in [1.29, 1.82) is 0 Å². The Bertz CT molecular complexity index is 1120. The highest BCUT2D eigenvalue weighted by molar-refractivity contribution is 5.84. The molecule has 0 amide bonds. The van der Waals surface area contributed by atoms with E-state index in [1.807, 2.05) is 7.11 Å². The summed E-state index contributed by atoms with van der Waals surface area (Å²) in [5.41, 5.74) is 2.37. The summed E-state index contributed by atoms with van der Waals surface area (Å²) < 4.78 is 19.6. The van der Waals surface area contributed by atoms with Gasteiger partial charge in [-0.15, -0.1) is 0 Å². The number of ketones is 1. The van der Waals surface area contributed by atoms with Crippen LogP contribution in [0.15, 0.2) is 12.1 Å². The van der Waals surface area contributed by atoms with Crippen molar-refractivity contribution in [1.82, 2.24) is 4.90 Å². The SMILES string of the molecule is COc1ccc2c3c1O[C@H]1[C@@]4(OC)CC[C@@]5(C[C@@H]4C(=O)CC4CCCCC4)[C@@H](C2)N(CC2CC2)CC[C@]315. The van der Waals surface area contributed by atoms with Crippen LogP contribution >= 0.6 is 0 Å². The zero-order valence-corrected chi connectivity index (χ0v) is 22.7. The smallest absolute Gasteiger partial charge is 0.165 e. The van der Waals surface area contributed by atoms with Gasteiger partial charge in [-0.05, 0) is 75.0 Å². The van der Waals surface area contributed by atoms with Crippen molar-refractivity contribution in [3.63, 3.8) is 0 Å². The van der Waals surface area contributed by atoms with Gasteiger partial charge in [0.05, 0.1) is 13.0 Å². The Kier molecular flexibility index (Phi) is 5.02. The van der Waals surface area contributed by atoms with Crippen molar-refractivity contribution in [2.24, 2.45) is 23.2 Å². The Balaban J connectivity index is 1.27. The Labute approximate surface area is 221 Å². The molecule has 6 aliphatic carbocycles. The zero-order chi connectivity index (χ0) is 25.0. The van der Waals surface area contributed by atoms with Crippen molar-refractivity contribution >= 4 is 5.78 Å². The molecule has 2 heterocycles. The van der Waals surface area contributed by atoms with Crippen LogP contribution in [0.2, 0.25) is 0 Å². The van der Waals surface area contributed by atoms with Gasteiger partial charge < -0.3 is 14.2 Å². The molecule has 200 valence electrons. The molecule has 0 unspecified atom stereocenters. The fourth-order valence-corrected chi connectivity index (χ4v) is 10.7. The van der Waals surface area contributed by atoms with E-state index < -0.39 is 5.60 Å². The third-order valence-corrected chi connectivity index (χ3v) is 12.5. The molecule has 6 atom stereocenters. The van der Waals surface area contributed by atoms with Crippen molar-refractivity contribution < 1.29 is 19.0 Å². The van der Waals surface area contributed by atoms with E-state index in [2.05, 4.69) is 17.0 Å². The molecule has 37 heavy (non-hydrogen) atoms. The van der Waals surface area contributed by atoms with Gasteiger partial charge >= 0.3 is 0 Å². The molecule has 8 aliphatic rings. The number of hydrogen-bond acceptors (Lipinski definition) is 5. The van der Waals surface area contributed by atoms with Crippen LogP contribution < -0.4 is 9.47 Å². The highest BCUT2D eigenvalue weighted by Gasteiger charge is 2.81. The van der Waals surface area contributed by atoms with Crippen LogP contribution in [0.5, 0.6) is 11.5 Å². The maximum atomic E-state index is 14.3. The maximum Gasteiger partial charge on any atom is 0.165 e. The minimum absolute atomic E-state index is 0.0588. The molecule has 5 saturated carbocycles. The van der Waals surface area contributed by atoms with Crippen LogP contribution in [0.4, 0.5) is 0 Å². The molecular formula is C32H43NO4. The standard InChI is InChI=1S/C32H43NO4/c1-35-25-11-10-22-17-26-30-12-13-32(36-2,23(18-30)24(34)16-20-6-4-3-5-7-20)29-31(30,27(22)28(25)37-29)14-15-33(26)19-21-8-9-21/h10-11,20-21,23,26,29H,3-9,12-19H2,1-2H3/t23-,26-,29-,30-,31+,32-/m1/s1. The molecule has 0 radical (unpaired) electrons. The summed E-state index contributed by atoms with van der Waals surface area (Å²) >= 11 is 0. The van der Waals surface area contributed by atoms with Crippen molar-refractivity contribution in [3.05, 3.63) is 23.3 Å². The Hall–Kier alpha value is -1.59. The lowest BCUT2D eigenvalue weighted by Crippen LogP contribution is -2.81. The molecule has 5 heteroatoms. The van der Waals surface area contributed by atoms with E-state index >= 15 is 0 Å². The Morgan fingerprint density at radius 1 is 1.05 bits per heavy atom. The molecule has 5 nitrogen and oxygen atoms in total. The van der Waals surface area contributed by atoms with E-state index in [-0.39, 0.29) is 22.9 Å². The topological polar surface area (TPSA) is 48.0 Å². The lowest BCUT2D eigenvalue weighted by atomic mass is 9.34. The van der Waals surface area contributed by atoms with Crippen molar-refractivity contribution in [2.45, 2.75) is 107 Å².